The number of halogens is 1. The summed E-state index contributed by atoms with van der Waals surface area (Å²) in [6, 6.07) is 3.43. The van der Waals surface area contributed by atoms with Gasteiger partial charge in [0.15, 0.2) is 5.78 Å². The Morgan fingerprint density at radius 3 is 2.85 bits per heavy atom. The molecule has 0 spiro atoms. The lowest BCUT2D eigenvalue weighted by Gasteiger charge is -2.04. The third-order valence-electron chi connectivity index (χ3n) is 1.65. The van der Waals surface area contributed by atoms with Gasteiger partial charge in [-0.15, -0.1) is 0 Å². The number of nitrogens with zero attached hydrogens (tertiary/aromatic N) is 1. The van der Waals surface area contributed by atoms with Gasteiger partial charge in [0.25, 0.3) is 0 Å². The van der Waals surface area contributed by atoms with Crippen LogP contribution < -0.4 is 0 Å². The van der Waals surface area contributed by atoms with E-state index in [1.54, 1.807) is 18.3 Å². The fourth-order valence-corrected chi connectivity index (χ4v) is 1.30. The highest BCUT2D eigenvalue weighted by Gasteiger charge is 2.11. The minimum Gasteiger partial charge on any atom is -0.294 e. The predicted molar refractivity (Wildman–Crippen MR) is 53.0 cm³/mol. The summed E-state index contributed by atoms with van der Waals surface area (Å²) in [7, 11) is 0. The van der Waals surface area contributed by atoms with Crippen molar-refractivity contribution in [3.8, 4) is 0 Å². The van der Waals surface area contributed by atoms with Gasteiger partial charge in [-0.05, 0) is 18.1 Å². The summed E-state index contributed by atoms with van der Waals surface area (Å²) in [5, 5.41) is 0.299. The van der Waals surface area contributed by atoms with Gasteiger partial charge in [-0.2, -0.15) is 0 Å². The quantitative estimate of drug-likeness (QED) is 0.551. The van der Waals surface area contributed by atoms with Crippen molar-refractivity contribution in [2.75, 3.05) is 0 Å². The standard InChI is InChI=1S/C10H12ClNO/c1-7(2)6-9(13)8-4-3-5-12-10(8)11/h3-5,7H,6H2,1-2H3. The monoisotopic (exact) mass is 197 g/mol. The van der Waals surface area contributed by atoms with Crippen LogP contribution >= 0.6 is 11.6 Å². The first-order chi connectivity index (χ1) is 6.11. The Balaban J connectivity index is 2.83. The molecule has 3 heteroatoms. The zero-order valence-electron chi connectivity index (χ0n) is 7.75. The topological polar surface area (TPSA) is 30.0 Å². The van der Waals surface area contributed by atoms with Gasteiger partial charge in [-0.25, -0.2) is 4.98 Å². The fraction of sp³-hybridized carbons (Fsp3) is 0.400. The largest absolute Gasteiger partial charge is 0.294 e. The first-order valence-electron chi connectivity index (χ1n) is 4.25. The number of aromatic nitrogens is 1. The Kier molecular flexibility index (Phi) is 3.43. The number of rotatable bonds is 3. The van der Waals surface area contributed by atoms with Crippen molar-refractivity contribution in [3.63, 3.8) is 0 Å². The molecule has 0 unspecified atom stereocenters. The van der Waals surface area contributed by atoms with Crippen LogP contribution in [0.15, 0.2) is 18.3 Å². The summed E-state index contributed by atoms with van der Waals surface area (Å²) < 4.78 is 0. The zero-order chi connectivity index (χ0) is 9.84. The first kappa shape index (κ1) is 10.2. The molecule has 0 radical (unpaired) electrons. The summed E-state index contributed by atoms with van der Waals surface area (Å²) in [6.45, 7) is 4.00. The lowest BCUT2D eigenvalue weighted by molar-refractivity contribution is 0.0967. The SMILES string of the molecule is CC(C)CC(=O)c1cccnc1Cl. The second-order valence-electron chi connectivity index (χ2n) is 3.36. The van der Waals surface area contributed by atoms with E-state index in [1.807, 2.05) is 13.8 Å². The van der Waals surface area contributed by atoms with E-state index in [4.69, 9.17) is 11.6 Å². The Labute approximate surface area is 82.9 Å². The molecule has 0 saturated carbocycles. The summed E-state index contributed by atoms with van der Waals surface area (Å²) in [5.74, 6) is 0.414. The molecule has 0 N–H and O–H groups in total. The maximum Gasteiger partial charge on any atom is 0.166 e. The molecule has 0 fully saturated rings. The van der Waals surface area contributed by atoms with Gasteiger partial charge in [0.2, 0.25) is 0 Å². The van der Waals surface area contributed by atoms with Gasteiger partial charge < -0.3 is 0 Å². The van der Waals surface area contributed by atoms with Crippen molar-refractivity contribution in [2.24, 2.45) is 5.92 Å². The van der Waals surface area contributed by atoms with E-state index in [0.717, 1.165) is 0 Å². The van der Waals surface area contributed by atoms with Crippen LogP contribution in [0.1, 0.15) is 30.6 Å². The average Bonchev–Trinajstić information content (AvgIpc) is 2.03. The highest BCUT2D eigenvalue weighted by molar-refractivity contribution is 6.32. The smallest absolute Gasteiger partial charge is 0.166 e. The molecule has 1 aromatic heterocycles. The van der Waals surface area contributed by atoms with Crippen molar-refractivity contribution < 1.29 is 4.79 Å². The molecule has 1 aromatic rings. The molecule has 13 heavy (non-hydrogen) atoms. The summed E-state index contributed by atoms with van der Waals surface area (Å²) in [6.07, 6.45) is 2.10. The minimum atomic E-state index is 0.0631. The minimum absolute atomic E-state index is 0.0631. The second kappa shape index (κ2) is 4.38. The lowest BCUT2D eigenvalue weighted by atomic mass is 10.0. The van der Waals surface area contributed by atoms with Crippen molar-refractivity contribution >= 4 is 17.4 Å². The second-order valence-corrected chi connectivity index (χ2v) is 3.72. The number of pyridine rings is 1. The van der Waals surface area contributed by atoms with E-state index in [-0.39, 0.29) is 5.78 Å². The molecule has 1 heterocycles. The van der Waals surface area contributed by atoms with Gasteiger partial charge in [-0.3, -0.25) is 4.79 Å². The molecule has 0 bridgehead atoms. The molecule has 1 rings (SSSR count). The van der Waals surface area contributed by atoms with E-state index in [2.05, 4.69) is 4.98 Å². The molecule has 0 atom stereocenters. The lowest BCUT2D eigenvalue weighted by Crippen LogP contribution is -2.04. The molecule has 0 saturated heterocycles. The Bertz CT molecular complexity index is 310. The normalized spacial score (nSPS) is 10.5. The highest BCUT2D eigenvalue weighted by Crippen LogP contribution is 2.15. The number of hydrogen-bond donors (Lipinski definition) is 0. The molecule has 0 aliphatic heterocycles. The van der Waals surface area contributed by atoms with Crippen LogP contribution in [0.3, 0.4) is 0 Å². The van der Waals surface area contributed by atoms with E-state index in [1.165, 1.54) is 0 Å². The van der Waals surface area contributed by atoms with Crippen LogP contribution in [0.4, 0.5) is 0 Å². The van der Waals surface area contributed by atoms with Gasteiger partial charge in [0.1, 0.15) is 5.15 Å². The van der Waals surface area contributed by atoms with E-state index in [9.17, 15) is 4.79 Å². The average molecular weight is 198 g/mol. The number of ketones is 1. The van der Waals surface area contributed by atoms with E-state index in [0.29, 0.717) is 23.1 Å². The number of hydrogen-bond acceptors (Lipinski definition) is 2. The highest BCUT2D eigenvalue weighted by atomic mass is 35.5. The molecule has 0 aromatic carbocycles. The Morgan fingerprint density at radius 1 is 1.62 bits per heavy atom. The van der Waals surface area contributed by atoms with Gasteiger partial charge >= 0.3 is 0 Å². The Morgan fingerprint density at radius 2 is 2.31 bits per heavy atom. The third-order valence-corrected chi connectivity index (χ3v) is 1.95. The van der Waals surface area contributed by atoms with Crippen LogP contribution in [0.2, 0.25) is 5.15 Å². The summed E-state index contributed by atoms with van der Waals surface area (Å²) in [4.78, 5) is 15.4. The Hall–Kier alpha value is -0.890. The van der Waals surface area contributed by atoms with Gasteiger partial charge in [0, 0.05) is 12.6 Å². The number of carbonyl (C=O) groups excluding carboxylic acids is 1. The van der Waals surface area contributed by atoms with Crippen LogP contribution in [0.25, 0.3) is 0 Å². The predicted octanol–water partition coefficient (Wildman–Crippen LogP) is 2.96. The first-order valence-corrected chi connectivity index (χ1v) is 4.62. The van der Waals surface area contributed by atoms with Crippen molar-refractivity contribution in [1.29, 1.82) is 0 Å². The van der Waals surface area contributed by atoms with Crippen LogP contribution in [0, 0.1) is 5.92 Å². The van der Waals surface area contributed by atoms with Crippen LogP contribution in [-0.4, -0.2) is 10.8 Å². The third kappa shape index (κ3) is 2.81. The number of Topliss-reactive ketones (excluding diaryl/α,β-unsaturated/α-hetero) is 1. The molecule has 70 valence electrons. The van der Waals surface area contributed by atoms with E-state index >= 15 is 0 Å². The molecule has 0 aliphatic rings. The van der Waals surface area contributed by atoms with Crippen molar-refractivity contribution in [3.05, 3.63) is 29.0 Å². The van der Waals surface area contributed by atoms with Gasteiger partial charge in [0.05, 0.1) is 5.56 Å². The maximum absolute atomic E-state index is 11.6. The molecule has 0 aliphatic carbocycles. The molecule has 2 nitrogen and oxygen atoms in total. The van der Waals surface area contributed by atoms with Gasteiger partial charge in [-0.1, -0.05) is 25.4 Å². The van der Waals surface area contributed by atoms with Crippen molar-refractivity contribution in [1.82, 2.24) is 4.98 Å². The summed E-state index contributed by atoms with van der Waals surface area (Å²) in [5.41, 5.74) is 0.526. The molecule has 0 amide bonds. The molecular weight excluding hydrogens is 186 g/mol. The number of carbonyl (C=O) groups is 1. The van der Waals surface area contributed by atoms with E-state index < -0.39 is 0 Å². The fourth-order valence-electron chi connectivity index (χ4n) is 1.07. The van der Waals surface area contributed by atoms with Crippen molar-refractivity contribution in [2.45, 2.75) is 20.3 Å². The summed E-state index contributed by atoms with van der Waals surface area (Å²) >= 11 is 5.77. The van der Waals surface area contributed by atoms with Crippen LogP contribution in [0.5, 0.6) is 0 Å². The van der Waals surface area contributed by atoms with Crippen LogP contribution in [-0.2, 0) is 0 Å². The maximum atomic E-state index is 11.6. The molecular formula is C10H12ClNO. The zero-order valence-corrected chi connectivity index (χ0v) is 8.51.